The largest absolute Gasteiger partial charge is 0.346 e. The summed E-state index contributed by atoms with van der Waals surface area (Å²) in [6, 6.07) is 11.2. The van der Waals surface area contributed by atoms with Crippen LogP contribution in [0.25, 0.3) is 66.4 Å². The molecule has 8 heterocycles. The first-order valence-corrected chi connectivity index (χ1v) is 23.5. The average Bonchev–Trinajstić information content (AvgIpc) is 4.04. The number of hydrogen-bond donors (Lipinski definition) is 1. The van der Waals surface area contributed by atoms with Gasteiger partial charge in [-0.15, -0.1) is 0 Å². The molecule has 0 spiro atoms. The van der Waals surface area contributed by atoms with Gasteiger partial charge in [0, 0.05) is 95.8 Å². The molecule has 0 bridgehead atoms. The number of benzene rings is 2. The number of H-pyrrole nitrogens is 1. The van der Waals surface area contributed by atoms with E-state index in [-0.39, 0.29) is 83.5 Å². The van der Waals surface area contributed by atoms with Gasteiger partial charge in [-0.2, -0.15) is 19.1 Å². The highest BCUT2D eigenvalue weighted by Gasteiger charge is 2.52. The average molecular weight is 925 g/mol. The Labute approximate surface area is 368 Å². The van der Waals surface area contributed by atoms with Crippen LogP contribution in [0.1, 0.15) is 38.5 Å². The summed E-state index contributed by atoms with van der Waals surface area (Å²) in [6.45, 7) is 2.52. The Kier molecular flexibility index (Phi) is 9.70. The first-order valence-electron chi connectivity index (χ1n) is 20.4. The minimum absolute atomic E-state index is 0.0387. The van der Waals surface area contributed by atoms with Crippen LogP contribution in [0.5, 0.6) is 0 Å². The molecule has 332 valence electrons. The maximum absolute atomic E-state index is 16.0. The van der Waals surface area contributed by atoms with E-state index in [9.17, 15) is 36.1 Å². The molecule has 2 aliphatic rings. The number of halogens is 4. The molecule has 65 heavy (non-hydrogen) atoms. The van der Waals surface area contributed by atoms with E-state index in [0.29, 0.717) is 40.2 Å². The molecule has 2 fully saturated rings. The van der Waals surface area contributed by atoms with E-state index < -0.39 is 59.8 Å². The van der Waals surface area contributed by atoms with E-state index in [4.69, 9.17) is 0 Å². The SMILES string of the molecule is CCCS(=O)(=O)N1CC(CC#N)(n2cc(-c3ncnc4c3ccn4C(C)S(=O)(=O)N3CC(CC#N)(n4cc(-c5ncnc6[nH]ccc56)c5c(F)cc(F)cc54)C3)c3c(F)cc(F)cc32)C1. The van der Waals surface area contributed by atoms with Crippen LogP contribution >= 0.6 is 0 Å². The highest BCUT2D eigenvalue weighted by Crippen LogP contribution is 2.46. The third-order valence-electron chi connectivity index (χ3n) is 12.8. The van der Waals surface area contributed by atoms with Gasteiger partial charge in [-0.1, -0.05) is 6.92 Å². The highest BCUT2D eigenvalue weighted by molar-refractivity contribution is 7.89. The van der Waals surface area contributed by atoms with Crippen molar-refractivity contribution in [3.05, 3.63) is 97.1 Å². The molecule has 10 rings (SSSR count). The lowest BCUT2D eigenvalue weighted by atomic mass is 9.88. The fraction of sp³-hybridized carbons (Fsp3) is 0.302. The fourth-order valence-corrected chi connectivity index (χ4v) is 13.0. The molecule has 0 saturated carbocycles. The second-order valence-corrected chi connectivity index (χ2v) is 21.0. The Morgan fingerprint density at radius 3 is 1.85 bits per heavy atom. The van der Waals surface area contributed by atoms with E-state index in [1.807, 2.05) is 0 Å². The monoisotopic (exact) mass is 924 g/mol. The maximum atomic E-state index is 16.0. The molecule has 2 saturated heterocycles. The van der Waals surface area contributed by atoms with Crippen LogP contribution in [0, 0.1) is 45.9 Å². The van der Waals surface area contributed by atoms with Gasteiger partial charge in [0.15, 0.2) is 0 Å². The van der Waals surface area contributed by atoms with Crippen LogP contribution in [-0.4, -0.2) is 96.0 Å². The van der Waals surface area contributed by atoms with Crippen LogP contribution in [0.3, 0.4) is 0 Å². The van der Waals surface area contributed by atoms with E-state index in [1.54, 1.807) is 36.0 Å². The third-order valence-corrected chi connectivity index (χ3v) is 16.8. The lowest BCUT2D eigenvalue weighted by Gasteiger charge is -2.50. The number of aromatic amines is 1. The highest BCUT2D eigenvalue weighted by atomic mass is 32.2. The van der Waals surface area contributed by atoms with Crippen molar-refractivity contribution in [2.24, 2.45) is 0 Å². The van der Waals surface area contributed by atoms with Crippen LogP contribution in [0.15, 0.2) is 73.8 Å². The molecule has 1 unspecified atom stereocenters. The number of nitriles is 2. The van der Waals surface area contributed by atoms with Crippen LogP contribution < -0.4 is 0 Å². The molecule has 16 nitrogen and oxygen atoms in total. The first kappa shape index (κ1) is 42.2. The zero-order valence-corrected chi connectivity index (χ0v) is 36.2. The second kappa shape index (κ2) is 14.9. The van der Waals surface area contributed by atoms with Crippen molar-refractivity contribution in [1.29, 1.82) is 10.5 Å². The summed E-state index contributed by atoms with van der Waals surface area (Å²) in [5, 5.41) is 19.5. The van der Waals surface area contributed by atoms with E-state index in [0.717, 1.165) is 18.2 Å². The molecule has 2 aliphatic heterocycles. The molecule has 1 N–H and O–H groups in total. The summed E-state index contributed by atoms with van der Waals surface area (Å²) in [5.74, 6) is -3.65. The number of rotatable bonds is 12. The molecule has 0 amide bonds. The maximum Gasteiger partial charge on any atom is 0.235 e. The van der Waals surface area contributed by atoms with Crippen molar-refractivity contribution >= 4 is 63.9 Å². The minimum Gasteiger partial charge on any atom is -0.346 e. The Morgan fingerprint density at radius 2 is 1.29 bits per heavy atom. The summed E-state index contributed by atoms with van der Waals surface area (Å²) in [4.78, 5) is 20.5. The molecule has 6 aromatic heterocycles. The van der Waals surface area contributed by atoms with E-state index in [1.165, 1.54) is 49.7 Å². The Bertz CT molecular complexity index is 3600. The predicted molar refractivity (Wildman–Crippen MR) is 230 cm³/mol. The summed E-state index contributed by atoms with van der Waals surface area (Å²) < 4.78 is 123. The lowest BCUT2D eigenvalue weighted by molar-refractivity contribution is 0.0874. The van der Waals surface area contributed by atoms with Crippen molar-refractivity contribution < 1.29 is 34.4 Å². The number of aromatic nitrogens is 8. The first-order chi connectivity index (χ1) is 31.1. The van der Waals surface area contributed by atoms with Crippen LogP contribution in [0.4, 0.5) is 17.6 Å². The van der Waals surface area contributed by atoms with Gasteiger partial charge >= 0.3 is 0 Å². The van der Waals surface area contributed by atoms with Gasteiger partial charge in [0.2, 0.25) is 20.0 Å². The van der Waals surface area contributed by atoms with Gasteiger partial charge in [-0.3, -0.25) is 0 Å². The summed E-state index contributed by atoms with van der Waals surface area (Å²) in [6.07, 6.45) is 8.70. The molecule has 0 aliphatic carbocycles. The number of nitrogens with one attached hydrogen (secondary N) is 1. The smallest absolute Gasteiger partial charge is 0.235 e. The predicted octanol–water partition coefficient (Wildman–Crippen LogP) is 6.64. The molecule has 22 heteroatoms. The summed E-state index contributed by atoms with van der Waals surface area (Å²) in [7, 11) is -7.91. The van der Waals surface area contributed by atoms with Gasteiger partial charge in [0.1, 0.15) is 52.6 Å². The quantitative estimate of drug-likeness (QED) is 0.129. The topological polar surface area (TPSA) is 204 Å². The van der Waals surface area contributed by atoms with Gasteiger partial charge < -0.3 is 18.7 Å². The zero-order chi connectivity index (χ0) is 45.8. The minimum atomic E-state index is -4.26. The Hall–Kier alpha value is -6.72. The Balaban J connectivity index is 1.01. The fourth-order valence-electron chi connectivity index (χ4n) is 9.61. The van der Waals surface area contributed by atoms with Gasteiger partial charge in [-0.25, -0.2) is 54.3 Å². The van der Waals surface area contributed by atoms with E-state index >= 15 is 8.78 Å². The van der Waals surface area contributed by atoms with Gasteiger partial charge in [-0.05, 0) is 37.6 Å². The molecular formula is C43H36F4N12O4S2. The van der Waals surface area contributed by atoms with Crippen LogP contribution in [-0.2, 0) is 31.1 Å². The van der Waals surface area contributed by atoms with Gasteiger partial charge in [0.25, 0.3) is 0 Å². The van der Waals surface area contributed by atoms with Crippen molar-refractivity contribution in [2.45, 2.75) is 49.6 Å². The molecular weight excluding hydrogens is 889 g/mol. The molecule has 0 radical (unpaired) electrons. The number of sulfonamides is 2. The second-order valence-electron chi connectivity index (χ2n) is 16.6. The van der Waals surface area contributed by atoms with Crippen molar-refractivity contribution in [3.63, 3.8) is 0 Å². The standard InChI is InChI=1S/C43H36F4N12O4S2/c1-3-12-64(60,61)55-19-42(20-55,6-8-48)58-18-31(37-33(47)14-27(45)16-35(37)58)39-29-5-11-57(41(29)54-24-52-39)25(2)65(62,63)56-21-43(22-56,7-9-49)59-17-30(36-32(46)13-26(44)15-34(36)59)38-28-4-10-50-40(28)53-23-51-38/h4-5,10-11,13-18,23-25H,3,6-7,12,19-22H2,1-2H3,(H,50,51,53). The number of nitrogens with zero attached hydrogens (tertiary/aromatic N) is 11. The molecule has 1 atom stereocenters. The third kappa shape index (κ3) is 6.33. The zero-order valence-electron chi connectivity index (χ0n) is 34.5. The molecule has 2 aromatic carbocycles. The Morgan fingerprint density at radius 1 is 0.754 bits per heavy atom. The molecule has 8 aromatic rings. The number of hydrogen-bond acceptors (Lipinski definition) is 10. The van der Waals surface area contributed by atoms with Crippen molar-refractivity contribution in [3.8, 4) is 34.7 Å². The van der Waals surface area contributed by atoms with Crippen molar-refractivity contribution in [2.75, 3.05) is 31.9 Å². The van der Waals surface area contributed by atoms with Gasteiger partial charge in [0.05, 0.1) is 64.2 Å². The number of fused-ring (bicyclic) bond motifs is 4. The summed E-state index contributed by atoms with van der Waals surface area (Å²) >= 11 is 0. The van der Waals surface area contributed by atoms with Crippen LogP contribution in [0.2, 0.25) is 0 Å². The van der Waals surface area contributed by atoms with E-state index in [2.05, 4.69) is 37.1 Å². The van der Waals surface area contributed by atoms with Crippen molar-refractivity contribution in [1.82, 2.24) is 47.2 Å². The normalized spacial score (nSPS) is 17.0. The lowest BCUT2D eigenvalue weighted by Crippen LogP contribution is -2.64. The summed E-state index contributed by atoms with van der Waals surface area (Å²) in [5.41, 5.74) is -0.587.